The van der Waals surface area contributed by atoms with E-state index in [0.717, 1.165) is 12.1 Å². The Balaban J connectivity index is 2.49. The van der Waals surface area contributed by atoms with E-state index in [4.69, 9.17) is 23.2 Å². The Morgan fingerprint density at radius 2 is 1.78 bits per heavy atom. The highest BCUT2D eigenvalue weighted by Crippen LogP contribution is 2.36. The molecule has 0 fully saturated rings. The van der Waals surface area contributed by atoms with E-state index >= 15 is 0 Å². The molecular weight excluding hydrogens is 446 g/mol. The third-order valence-corrected chi connectivity index (χ3v) is 6.93. The molecule has 2 aromatic rings. The number of halogens is 5. The predicted molar refractivity (Wildman–Crippen MR) is 100 cm³/mol. The molecule has 0 radical (unpaired) electrons. The highest BCUT2D eigenvalue weighted by Gasteiger charge is 2.34. The van der Waals surface area contributed by atoms with E-state index in [-0.39, 0.29) is 21.4 Å². The largest absolute Gasteiger partial charge is 0.417 e. The Kier molecular flexibility index (Phi) is 6.83. The average molecular weight is 460 g/mol. The third kappa shape index (κ3) is 5.37. The molecule has 1 N–H and O–H groups in total. The fourth-order valence-corrected chi connectivity index (χ4v) is 4.89. The quantitative estimate of drug-likeness (QED) is 0.634. The molecule has 0 aliphatic rings. The first kappa shape index (κ1) is 22.0. The average Bonchev–Trinajstić information content (AvgIpc) is 2.53. The molecule has 2 rings (SSSR count). The third-order valence-electron chi connectivity index (χ3n) is 3.37. The molecule has 148 valence electrons. The fraction of sp³-hybridized carbons (Fsp3) is 0.250. The molecule has 0 aromatic heterocycles. The predicted octanol–water partition coefficient (Wildman–Crippen LogP) is 5.33. The van der Waals surface area contributed by atoms with Crippen molar-refractivity contribution in [2.45, 2.75) is 29.3 Å². The van der Waals surface area contributed by atoms with Gasteiger partial charge >= 0.3 is 6.18 Å². The summed E-state index contributed by atoms with van der Waals surface area (Å²) >= 11 is 11.4. The minimum atomic E-state index is -4.81. The van der Waals surface area contributed by atoms with E-state index < -0.39 is 42.5 Å². The van der Waals surface area contributed by atoms with Crippen molar-refractivity contribution in [1.82, 2.24) is 0 Å². The van der Waals surface area contributed by atoms with Crippen molar-refractivity contribution in [2.75, 3.05) is 10.5 Å². The summed E-state index contributed by atoms with van der Waals surface area (Å²) in [5, 5.41) is -0.439. The molecule has 2 aromatic carbocycles. The number of nitrogens with one attached hydrogen (secondary N) is 1. The lowest BCUT2D eigenvalue weighted by Crippen LogP contribution is -2.16. The van der Waals surface area contributed by atoms with Gasteiger partial charge in [-0.05, 0) is 42.8 Å². The maximum atomic E-state index is 13.0. The summed E-state index contributed by atoms with van der Waals surface area (Å²) in [6.45, 7) is 1.81. The van der Waals surface area contributed by atoms with E-state index in [0.29, 0.717) is 12.5 Å². The number of rotatable bonds is 6. The summed E-state index contributed by atoms with van der Waals surface area (Å²) in [5.41, 5.74) is -1.33. The van der Waals surface area contributed by atoms with Gasteiger partial charge in [-0.25, -0.2) is 8.42 Å². The van der Waals surface area contributed by atoms with Crippen LogP contribution in [0.3, 0.4) is 0 Å². The maximum absolute atomic E-state index is 13.0. The minimum absolute atomic E-state index is 0.0576. The zero-order valence-corrected chi connectivity index (χ0v) is 17.0. The number of anilines is 1. The molecular formula is C16H14Cl2F3NO3S2. The molecule has 1 unspecified atom stereocenters. The van der Waals surface area contributed by atoms with Gasteiger partial charge in [0.05, 0.1) is 36.9 Å². The second kappa shape index (κ2) is 8.38. The summed E-state index contributed by atoms with van der Waals surface area (Å²) in [6.07, 6.45) is -4.22. The molecule has 27 heavy (non-hydrogen) atoms. The monoisotopic (exact) mass is 459 g/mol. The lowest BCUT2D eigenvalue weighted by Gasteiger charge is -2.15. The number of alkyl halides is 3. The van der Waals surface area contributed by atoms with Crippen molar-refractivity contribution in [2.24, 2.45) is 0 Å². The van der Waals surface area contributed by atoms with E-state index in [1.54, 1.807) is 0 Å². The lowest BCUT2D eigenvalue weighted by atomic mass is 10.2. The minimum Gasteiger partial charge on any atom is -0.278 e. The van der Waals surface area contributed by atoms with Crippen molar-refractivity contribution in [3.63, 3.8) is 0 Å². The van der Waals surface area contributed by atoms with Crippen molar-refractivity contribution >= 4 is 49.7 Å². The molecule has 0 spiro atoms. The van der Waals surface area contributed by atoms with E-state index in [1.165, 1.54) is 18.2 Å². The maximum Gasteiger partial charge on any atom is 0.417 e. The van der Waals surface area contributed by atoms with Gasteiger partial charge in [0, 0.05) is 10.8 Å². The van der Waals surface area contributed by atoms with Crippen LogP contribution in [-0.2, 0) is 27.0 Å². The van der Waals surface area contributed by atoms with Crippen LogP contribution in [0.25, 0.3) is 0 Å². The molecule has 0 heterocycles. The van der Waals surface area contributed by atoms with Gasteiger partial charge in [-0.2, -0.15) is 13.2 Å². The van der Waals surface area contributed by atoms with E-state index in [1.807, 2.05) is 6.92 Å². The normalized spacial score (nSPS) is 13.4. The van der Waals surface area contributed by atoms with Crippen molar-refractivity contribution < 1.29 is 25.8 Å². The molecule has 0 aliphatic heterocycles. The summed E-state index contributed by atoms with van der Waals surface area (Å²) in [4.78, 5) is -0.443. The standard InChI is InChI=1S/C16H14Cl2F3NO3S2/c1-2-7-26(23)15-6-3-10(17)8-14(15)22-27(24,25)11-4-5-13(18)12(9-11)16(19,20)21/h3-6,8-9,22H,2,7H2,1H3. The van der Waals surface area contributed by atoms with Crippen LogP contribution in [0.2, 0.25) is 10.0 Å². The Hall–Kier alpha value is -1.29. The van der Waals surface area contributed by atoms with Gasteiger partial charge in [0.2, 0.25) is 0 Å². The molecule has 0 amide bonds. The second-order valence-corrected chi connectivity index (χ2v) is 9.50. The molecule has 0 bridgehead atoms. The molecule has 4 nitrogen and oxygen atoms in total. The zero-order chi connectivity index (χ0) is 20.4. The van der Waals surface area contributed by atoms with Crippen LogP contribution >= 0.6 is 23.2 Å². The first-order chi connectivity index (χ1) is 12.5. The van der Waals surface area contributed by atoms with Crippen LogP contribution in [0, 0.1) is 0 Å². The van der Waals surface area contributed by atoms with Crippen LogP contribution < -0.4 is 4.72 Å². The van der Waals surface area contributed by atoms with Gasteiger partial charge in [-0.3, -0.25) is 8.93 Å². The van der Waals surface area contributed by atoms with Crippen LogP contribution in [0.15, 0.2) is 46.2 Å². The van der Waals surface area contributed by atoms with E-state index in [9.17, 15) is 25.8 Å². The fourth-order valence-electron chi connectivity index (χ4n) is 2.17. The van der Waals surface area contributed by atoms with Crippen molar-refractivity contribution in [3.8, 4) is 0 Å². The molecule has 0 saturated carbocycles. The van der Waals surface area contributed by atoms with Crippen LogP contribution in [0.5, 0.6) is 0 Å². The van der Waals surface area contributed by atoms with Crippen LogP contribution in [-0.4, -0.2) is 18.4 Å². The summed E-state index contributed by atoms with van der Waals surface area (Å²) < 4.78 is 78.6. The van der Waals surface area contributed by atoms with Crippen LogP contribution in [0.4, 0.5) is 18.9 Å². The van der Waals surface area contributed by atoms with Gasteiger partial charge in [0.25, 0.3) is 10.0 Å². The summed E-state index contributed by atoms with van der Waals surface area (Å²) in [5.74, 6) is 0.287. The highest BCUT2D eigenvalue weighted by atomic mass is 35.5. The summed E-state index contributed by atoms with van der Waals surface area (Å²) in [7, 11) is -5.91. The first-order valence-electron chi connectivity index (χ1n) is 7.53. The molecule has 11 heteroatoms. The molecule has 0 aliphatic carbocycles. The zero-order valence-electron chi connectivity index (χ0n) is 13.8. The van der Waals surface area contributed by atoms with Crippen molar-refractivity contribution in [3.05, 3.63) is 52.0 Å². The number of sulfonamides is 1. The topological polar surface area (TPSA) is 63.2 Å². The first-order valence-corrected chi connectivity index (χ1v) is 11.1. The number of benzene rings is 2. The molecule has 0 saturated heterocycles. The van der Waals surface area contributed by atoms with Crippen LogP contribution in [0.1, 0.15) is 18.9 Å². The van der Waals surface area contributed by atoms with Gasteiger partial charge in [-0.15, -0.1) is 0 Å². The van der Waals surface area contributed by atoms with Gasteiger partial charge in [-0.1, -0.05) is 30.1 Å². The smallest absolute Gasteiger partial charge is 0.278 e. The van der Waals surface area contributed by atoms with E-state index in [2.05, 4.69) is 4.72 Å². The number of hydrogen-bond acceptors (Lipinski definition) is 3. The Morgan fingerprint density at radius 3 is 2.37 bits per heavy atom. The van der Waals surface area contributed by atoms with Gasteiger partial charge in [0.15, 0.2) is 0 Å². The van der Waals surface area contributed by atoms with Gasteiger partial charge < -0.3 is 0 Å². The summed E-state index contributed by atoms with van der Waals surface area (Å²) in [6, 6.07) is 6.36. The highest BCUT2D eigenvalue weighted by molar-refractivity contribution is 7.92. The molecule has 1 atom stereocenters. The number of hydrogen-bond donors (Lipinski definition) is 1. The second-order valence-electron chi connectivity index (χ2n) is 5.44. The Labute approximate surface area is 167 Å². The van der Waals surface area contributed by atoms with Crippen molar-refractivity contribution in [1.29, 1.82) is 0 Å². The SMILES string of the molecule is CCCS(=O)c1ccc(Cl)cc1NS(=O)(=O)c1ccc(Cl)c(C(F)(F)F)c1. The van der Waals surface area contributed by atoms with Gasteiger partial charge in [0.1, 0.15) is 0 Å². The Bertz CT molecular complexity index is 979. The lowest BCUT2D eigenvalue weighted by molar-refractivity contribution is -0.137. The Morgan fingerprint density at radius 1 is 1.11 bits per heavy atom.